The molecule has 1 saturated carbocycles. The highest BCUT2D eigenvalue weighted by Gasteiger charge is 2.39. The zero-order valence-corrected chi connectivity index (χ0v) is 23.3. The van der Waals surface area contributed by atoms with Crippen LogP contribution in [0.2, 0.25) is 0 Å². The van der Waals surface area contributed by atoms with Gasteiger partial charge < -0.3 is 26.0 Å². The van der Waals surface area contributed by atoms with Gasteiger partial charge >= 0.3 is 6.09 Å². The lowest BCUT2D eigenvalue weighted by atomic mass is 9.92. The molecule has 4 amide bonds. The summed E-state index contributed by atoms with van der Waals surface area (Å²) >= 11 is 0. The first kappa shape index (κ1) is 30.1. The van der Waals surface area contributed by atoms with Gasteiger partial charge in [-0.25, -0.2) is 4.79 Å². The van der Waals surface area contributed by atoms with E-state index in [1.165, 1.54) is 4.90 Å². The lowest BCUT2D eigenvalue weighted by Gasteiger charge is -2.38. The van der Waals surface area contributed by atoms with E-state index in [0.29, 0.717) is 5.56 Å². The third-order valence-corrected chi connectivity index (χ3v) is 6.40. The van der Waals surface area contributed by atoms with Crippen LogP contribution in [0.15, 0.2) is 18.2 Å². The molecule has 1 aromatic carbocycles. The van der Waals surface area contributed by atoms with E-state index >= 15 is 0 Å². The number of benzene rings is 1. The largest absolute Gasteiger partial charge is 0.444 e. The van der Waals surface area contributed by atoms with Crippen molar-refractivity contribution in [2.75, 3.05) is 0 Å². The number of carbonyl (C=O) groups is 4. The van der Waals surface area contributed by atoms with Crippen molar-refractivity contribution in [1.29, 1.82) is 0 Å². The average Bonchev–Trinajstić information content (AvgIpc) is 2.76. The minimum Gasteiger partial charge on any atom is -0.444 e. The van der Waals surface area contributed by atoms with E-state index in [2.05, 4.69) is 10.6 Å². The molecule has 2 unspecified atom stereocenters. The van der Waals surface area contributed by atoms with Crippen LogP contribution in [0.1, 0.15) is 95.9 Å². The summed E-state index contributed by atoms with van der Waals surface area (Å²) in [6.07, 6.45) is 3.76. The Morgan fingerprint density at radius 1 is 1.08 bits per heavy atom. The number of ether oxygens (including phenoxy) is 1. The summed E-state index contributed by atoms with van der Waals surface area (Å²) in [5.74, 6) is -1.62. The fourth-order valence-corrected chi connectivity index (χ4v) is 4.79. The second-order valence-electron chi connectivity index (χ2n) is 11.3. The molecule has 2 atom stereocenters. The molecular formula is C28H44N4O5. The molecular weight excluding hydrogens is 472 g/mol. The number of nitrogens with two attached hydrogens (primary N) is 1. The summed E-state index contributed by atoms with van der Waals surface area (Å²) in [7, 11) is 0. The zero-order valence-electron chi connectivity index (χ0n) is 23.3. The predicted molar refractivity (Wildman–Crippen MR) is 143 cm³/mol. The van der Waals surface area contributed by atoms with Crippen molar-refractivity contribution in [3.8, 4) is 0 Å². The molecule has 206 valence electrons. The van der Waals surface area contributed by atoms with Crippen LogP contribution in [-0.2, 0) is 19.1 Å². The number of rotatable bonds is 9. The normalized spacial score (nSPS) is 16.0. The Hall–Kier alpha value is -3.10. The Morgan fingerprint density at radius 3 is 2.22 bits per heavy atom. The number of alkyl carbamates (subject to hydrolysis) is 1. The van der Waals surface area contributed by atoms with E-state index < -0.39 is 48.1 Å². The van der Waals surface area contributed by atoms with Crippen molar-refractivity contribution in [2.24, 2.45) is 5.73 Å². The zero-order chi connectivity index (χ0) is 27.9. The molecule has 2 rings (SSSR count). The molecule has 1 aliphatic carbocycles. The Kier molecular flexibility index (Phi) is 10.5. The molecule has 0 heterocycles. The topological polar surface area (TPSA) is 131 Å². The Balaban J connectivity index is 2.49. The van der Waals surface area contributed by atoms with E-state index in [0.717, 1.165) is 43.2 Å². The van der Waals surface area contributed by atoms with Crippen LogP contribution in [0, 0.1) is 13.8 Å². The van der Waals surface area contributed by atoms with Crippen LogP contribution in [-0.4, -0.2) is 52.4 Å². The SMILES string of the molecule is Cc1ccc(C(C(=O)NC2CCCCC2)N(C(=O)C(CC(N)=O)NC(=O)OC(C)(C)C)C(C)C)c(C)c1. The lowest BCUT2D eigenvalue weighted by Crippen LogP contribution is -2.56. The summed E-state index contributed by atoms with van der Waals surface area (Å²) in [5.41, 5.74) is 7.23. The smallest absolute Gasteiger partial charge is 0.408 e. The van der Waals surface area contributed by atoms with Gasteiger partial charge in [-0.2, -0.15) is 0 Å². The summed E-state index contributed by atoms with van der Waals surface area (Å²) in [5, 5.41) is 5.67. The molecule has 1 aliphatic rings. The summed E-state index contributed by atoms with van der Waals surface area (Å²) in [4.78, 5) is 53.7. The Morgan fingerprint density at radius 2 is 1.70 bits per heavy atom. The third kappa shape index (κ3) is 9.05. The van der Waals surface area contributed by atoms with Crippen molar-refractivity contribution < 1.29 is 23.9 Å². The van der Waals surface area contributed by atoms with Gasteiger partial charge in [-0.05, 0) is 72.4 Å². The number of aryl methyl sites for hydroxylation is 2. The van der Waals surface area contributed by atoms with Gasteiger partial charge in [0.25, 0.3) is 0 Å². The predicted octanol–water partition coefficient (Wildman–Crippen LogP) is 3.80. The molecule has 37 heavy (non-hydrogen) atoms. The highest BCUT2D eigenvalue weighted by Crippen LogP contribution is 2.29. The first-order valence-electron chi connectivity index (χ1n) is 13.2. The van der Waals surface area contributed by atoms with Gasteiger partial charge in [0.2, 0.25) is 17.7 Å². The molecule has 1 fully saturated rings. The van der Waals surface area contributed by atoms with Crippen LogP contribution >= 0.6 is 0 Å². The van der Waals surface area contributed by atoms with Crippen molar-refractivity contribution in [3.05, 3.63) is 34.9 Å². The highest BCUT2D eigenvalue weighted by atomic mass is 16.6. The molecule has 4 N–H and O–H groups in total. The molecule has 0 bridgehead atoms. The van der Waals surface area contributed by atoms with Gasteiger partial charge in [0, 0.05) is 12.1 Å². The number of nitrogens with one attached hydrogen (secondary N) is 2. The third-order valence-electron chi connectivity index (χ3n) is 6.40. The van der Waals surface area contributed by atoms with E-state index in [1.54, 1.807) is 34.6 Å². The fourth-order valence-electron chi connectivity index (χ4n) is 4.79. The van der Waals surface area contributed by atoms with E-state index in [4.69, 9.17) is 10.5 Å². The number of carbonyl (C=O) groups excluding carboxylic acids is 4. The van der Waals surface area contributed by atoms with E-state index in [-0.39, 0.29) is 11.9 Å². The second kappa shape index (κ2) is 12.9. The van der Waals surface area contributed by atoms with Crippen LogP contribution in [0.3, 0.4) is 0 Å². The lowest BCUT2D eigenvalue weighted by molar-refractivity contribution is -0.145. The highest BCUT2D eigenvalue weighted by molar-refractivity contribution is 5.95. The van der Waals surface area contributed by atoms with Crippen molar-refractivity contribution in [1.82, 2.24) is 15.5 Å². The number of hydrogen-bond acceptors (Lipinski definition) is 5. The fraction of sp³-hybridized carbons (Fsp3) is 0.643. The molecule has 9 nitrogen and oxygen atoms in total. The van der Waals surface area contributed by atoms with Crippen LogP contribution < -0.4 is 16.4 Å². The first-order valence-corrected chi connectivity index (χ1v) is 13.2. The van der Waals surface area contributed by atoms with Gasteiger partial charge in [-0.1, -0.05) is 43.0 Å². The molecule has 0 aliphatic heterocycles. The quantitative estimate of drug-likeness (QED) is 0.459. The maximum atomic E-state index is 14.0. The molecule has 0 aromatic heterocycles. The van der Waals surface area contributed by atoms with Crippen LogP contribution in [0.4, 0.5) is 4.79 Å². The van der Waals surface area contributed by atoms with Crippen molar-refractivity contribution in [2.45, 2.75) is 117 Å². The summed E-state index contributed by atoms with van der Waals surface area (Å²) < 4.78 is 5.31. The van der Waals surface area contributed by atoms with Crippen molar-refractivity contribution in [3.63, 3.8) is 0 Å². The molecule has 0 saturated heterocycles. The van der Waals surface area contributed by atoms with Gasteiger partial charge in [0.1, 0.15) is 17.7 Å². The monoisotopic (exact) mass is 516 g/mol. The molecule has 9 heteroatoms. The number of hydrogen-bond donors (Lipinski definition) is 3. The maximum Gasteiger partial charge on any atom is 0.408 e. The number of amides is 4. The van der Waals surface area contributed by atoms with Crippen molar-refractivity contribution >= 4 is 23.8 Å². The summed E-state index contributed by atoms with van der Waals surface area (Å²) in [6, 6.07) is 3.12. The molecule has 0 spiro atoms. The maximum absolute atomic E-state index is 14.0. The minimum atomic E-state index is -1.29. The number of primary amides is 1. The second-order valence-corrected chi connectivity index (χ2v) is 11.3. The summed E-state index contributed by atoms with van der Waals surface area (Å²) in [6.45, 7) is 12.6. The number of nitrogens with zero attached hydrogens (tertiary/aromatic N) is 1. The van der Waals surface area contributed by atoms with E-state index in [9.17, 15) is 19.2 Å². The molecule has 0 radical (unpaired) electrons. The Labute approximate surface area is 220 Å². The van der Waals surface area contributed by atoms with Gasteiger partial charge in [0.15, 0.2) is 0 Å². The Bertz CT molecular complexity index is 979. The van der Waals surface area contributed by atoms with Gasteiger partial charge in [-0.3, -0.25) is 14.4 Å². The molecule has 1 aromatic rings. The average molecular weight is 517 g/mol. The first-order chi connectivity index (χ1) is 17.2. The van der Waals surface area contributed by atoms with Crippen LogP contribution in [0.5, 0.6) is 0 Å². The van der Waals surface area contributed by atoms with E-state index in [1.807, 2.05) is 32.0 Å². The standard InChI is InChI=1S/C28H44N4O5/c1-17(2)32(26(35)22(16-23(29)33)31-27(36)37-28(5,6)7)24(21-14-13-18(3)15-19(21)4)25(34)30-20-11-9-8-10-12-20/h13-15,17,20,22,24H,8-12,16H2,1-7H3,(H2,29,33)(H,30,34)(H,31,36). The van der Waals surface area contributed by atoms with Crippen LogP contribution in [0.25, 0.3) is 0 Å². The van der Waals surface area contributed by atoms with Gasteiger partial charge in [0.05, 0.1) is 6.42 Å². The van der Waals surface area contributed by atoms with Gasteiger partial charge in [-0.15, -0.1) is 0 Å². The minimum absolute atomic E-state index is 0.0416.